The summed E-state index contributed by atoms with van der Waals surface area (Å²) in [6.45, 7) is 4.06. The Bertz CT molecular complexity index is 273. The summed E-state index contributed by atoms with van der Waals surface area (Å²) in [4.78, 5) is 0. The van der Waals surface area contributed by atoms with Crippen LogP contribution in [0.5, 0.6) is 0 Å². The smallest absolute Gasteiger partial charge is 0.409 e. The number of phosphoric acid groups is 1. The van der Waals surface area contributed by atoms with Crippen LogP contribution in [0.25, 0.3) is 0 Å². The highest BCUT2D eigenvalue weighted by molar-refractivity contribution is 7.48. The van der Waals surface area contributed by atoms with Gasteiger partial charge in [-0.05, 0) is 12.8 Å². The van der Waals surface area contributed by atoms with Crippen molar-refractivity contribution in [3.05, 3.63) is 10.8 Å². The van der Waals surface area contributed by atoms with Crippen LogP contribution in [0.2, 0.25) is 0 Å². The average Bonchev–Trinajstić information content (AvgIpc) is 2.27. The number of phosphoric ester groups is 1. The summed E-state index contributed by atoms with van der Waals surface area (Å²) in [5.74, 6) is 0. The van der Waals surface area contributed by atoms with E-state index >= 15 is 0 Å². The van der Waals surface area contributed by atoms with Gasteiger partial charge in [-0.25, -0.2) is 4.57 Å². The molecule has 0 heterocycles. The molecule has 0 radical (unpaired) electrons. The fraction of sp³-hybridized carbons (Fsp3) is 0.800. The lowest BCUT2D eigenvalue weighted by Gasteiger charge is -2.21. The molecule has 0 spiro atoms. The predicted octanol–water partition coefficient (Wildman–Crippen LogP) is 5.02. The zero-order valence-electron chi connectivity index (χ0n) is 10.3. The summed E-state index contributed by atoms with van der Waals surface area (Å²) >= 11 is 10.7. The van der Waals surface area contributed by atoms with Gasteiger partial charge in [0.25, 0.3) is 0 Å². The van der Waals surface area contributed by atoms with Gasteiger partial charge in [0, 0.05) is 7.11 Å². The van der Waals surface area contributed by atoms with E-state index in [0.717, 1.165) is 31.9 Å². The maximum Gasteiger partial charge on any atom is 0.529 e. The van der Waals surface area contributed by atoms with Gasteiger partial charge in [0.1, 0.15) is 10.8 Å². The first-order valence-electron chi connectivity index (χ1n) is 5.51. The van der Waals surface area contributed by atoms with E-state index in [4.69, 9.17) is 36.8 Å². The van der Waals surface area contributed by atoms with Gasteiger partial charge in [0.2, 0.25) is 0 Å². The van der Waals surface area contributed by atoms with E-state index in [1.54, 1.807) is 0 Å². The molecule has 0 aliphatic rings. The number of halogens is 2. The molecule has 102 valence electrons. The zero-order chi connectivity index (χ0) is 13.3. The molecule has 0 aromatic carbocycles. The molecule has 0 bridgehead atoms. The van der Waals surface area contributed by atoms with Crippen LogP contribution in [0.1, 0.15) is 39.5 Å². The lowest BCUT2D eigenvalue weighted by molar-refractivity contribution is 0.102. The molecular weight excluding hydrogens is 286 g/mol. The molecule has 0 saturated heterocycles. The summed E-state index contributed by atoms with van der Waals surface area (Å²) in [5.41, 5.74) is 0. The standard InChI is InChI=1S/C10H19Cl2O4P/c1-4-6-9(7-5-2)16-17(13,14-3)15-8-10(11)12/h8-9H,4-7H2,1-3H3. The van der Waals surface area contributed by atoms with E-state index in [2.05, 4.69) is 0 Å². The molecule has 4 nitrogen and oxygen atoms in total. The minimum absolute atomic E-state index is 0.145. The van der Waals surface area contributed by atoms with Crippen LogP contribution < -0.4 is 0 Å². The predicted molar refractivity (Wildman–Crippen MR) is 70.2 cm³/mol. The Morgan fingerprint density at radius 1 is 1.29 bits per heavy atom. The van der Waals surface area contributed by atoms with E-state index in [1.807, 2.05) is 13.8 Å². The maximum atomic E-state index is 12.0. The Morgan fingerprint density at radius 2 is 1.82 bits per heavy atom. The number of hydrogen-bond donors (Lipinski definition) is 0. The summed E-state index contributed by atoms with van der Waals surface area (Å²) in [6.07, 6.45) is 4.24. The van der Waals surface area contributed by atoms with Crippen LogP contribution in [0.15, 0.2) is 10.8 Å². The fourth-order valence-corrected chi connectivity index (χ4v) is 2.54. The van der Waals surface area contributed by atoms with Crippen LogP contribution >= 0.6 is 31.0 Å². The van der Waals surface area contributed by atoms with E-state index in [9.17, 15) is 4.57 Å². The van der Waals surface area contributed by atoms with Crippen LogP contribution in [-0.2, 0) is 18.1 Å². The monoisotopic (exact) mass is 304 g/mol. The van der Waals surface area contributed by atoms with Crippen molar-refractivity contribution >= 4 is 31.0 Å². The molecule has 0 rings (SSSR count). The first kappa shape index (κ1) is 17.3. The second-order valence-corrected chi connectivity index (χ2v) is 6.14. The lowest BCUT2D eigenvalue weighted by atomic mass is 10.1. The number of hydrogen-bond acceptors (Lipinski definition) is 4. The van der Waals surface area contributed by atoms with Gasteiger partial charge in [0.15, 0.2) is 0 Å². The normalized spacial score (nSPS) is 14.5. The van der Waals surface area contributed by atoms with Crippen molar-refractivity contribution in [2.45, 2.75) is 45.6 Å². The SMILES string of the molecule is CCCC(CCC)OP(=O)(OC)OC=C(Cl)Cl. The fourth-order valence-electron chi connectivity index (χ4n) is 1.29. The zero-order valence-corrected chi connectivity index (χ0v) is 12.7. The van der Waals surface area contributed by atoms with Gasteiger partial charge in [-0.3, -0.25) is 9.05 Å². The van der Waals surface area contributed by atoms with Gasteiger partial charge in [-0.2, -0.15) is 0 Å². The summed E-state index contributed by atoms with van der Waals surface area (Å²) in [7, 11) is -2.36. The van der Waals surface area contributed by atoms with Crippen molar-refractivity contribution in [3.8, 4) is 0 Å². The van der Waals surface area contributed by atoms with Gasteiger partial charge in [-0.1, -0.05) is 49.9 Å². The molecule has 0 aromatic heterocycles. The van der Waals surface area contributed by atoms with Gasteiger partial charge < -0.3 is 4.52 Å². The Hall–Kier alpha value is 0.270. The first-order chi connectivity index (χ1) is 7.97. The Balaban J connectivity index is 4.51. The molecule has 1 unspecified atom stereocenters. The molecule has 0 fully saturated rings. The van der Waals surface area contributed by atoms with Gasteiger partial charge >= 0.3 is 7.82 Å². The molecular formula is C10H19Cl2O4P. The molecule has 0 aliphatic carbocycles. The first-order valence-corrected chi connectivity index (χ1v) is 7.72. The van der Waals surface area contributed by atoms with Gasteiger partial charge in [-0.15, -0.1) is 0 Å². The van der Waals surface area contributed by atoms with Crippen LogP contribution in [0, 0.1) is 0 Å². The molecule has 1 atom stereocenters. The molecule has 0 aliphatic heterocycles. The summed E-state index contributed by atoms with van der Waals surface area (Å²) in [6, 6.07) is 0. The minimum Gasteiger partial charge on any atom is -0.409 e. The third-order valence-electron chi connectivity index (χ3n) is 1.99. The Kier molecular flexibility index (Phi) is 9.38. The van der Waals surface area contributed by atoms with E-state index in [-0.39, 0.29) is 10.6 Å². The molecule has 7 heteroatoms. The van der Waals surface area contributed by atoms with E-state index in [0.29, 0.717) is 0 Å². The average molecular weight is 305 g/mol. The van der Waals surface area contributed by atoms with E-state index in [1.165, 1.54) is 7.11 Å². The minimum atomic E-state index is -3.61. The van der Waals surface area contributed by atoms with Crippen molar-refractivity contribution in [3.63, 3.8) is 0 Å². The molecule has 0 aromatic rings. The Morgan fingerprint density at radius 3 is 2.18 bits per heavy atom. The molecule has 0 N–H and O–H groups in total. The van der Waals surface area contributed by atoms with E-state index < -0.39 is 7.82 Å². The van der Waals surface area contributed by atoms with Crippen LogP contribution in [0.3, 0.4) is 0 Å². The van der Waals surface area contributed by atoms with Crippen molar-refractivity contribution < 1.29 is 18.1 Å². The largest absolute Gasteiger partial charge is 0.529 e. The quantitative estimate of drug-likeness (QED) is 0.443. The third kappa shape index (κ3) is 8.06. The third-order valence-corrected chi connectivity index (χ3v) is 3.54. The second-order valence-electron chi connectivity index (χ2n) is 3.45. The van der Waals surface area contributed by atoms with Crippen LogP contribution in [-0.4, -0.2) is 13.2 Å². The molecule has 17 heavy (non-hydrogen) atoms. The van der Waals surface area contributed by atoms with Crippen LogP contribution in [0.4, 0.5) is 0 Å². The van der Waals surface area contributed by atoms with Crippen molar-refractivity contribution in [1.29, 1.82) is 0 Å². The number of rotatable bonds is 9. The lowest BCUT2D eigenvalue weighted by Crippen LogP contribution is -2.12. The molecule has 0 amide bonds. The summed E-state index contributed by atoms with van der Waals surface area (Å²) in [5, 5.41) is 0. The van der Waals surface area contributed by atoms with Crippen molar-refractivity contribution in [2.24, 2.45) is 0 Å². The maximum absolute atomic E-state index is 12.0. The topological polar surface area (TPSA) is 44.8 Å². The highest BCUT2D eigenvalue weighted by Crippen LogP contribution is 2.51. The van der Waals surface area contributed by atoms with Crippen molar-refractivity contribution in [2.75, 3.05) is 7.11 Å². The highest BCUT2D eigenvalue weighted by atomic mass is 35.5. The highest BCUT2D eigenvalue weighted by Gasteiger charge is 2.29. The summed E-state index contributed by atoms with van der Waals surface area (Å²) < 4.78 is 26.8. The molecule has 0 saturated carbocycles. The Labute approximate surface area is 113 Å². The second kappa shape index (κ2) is 9.23. The van der Waals surface area contributed by atoms with Crippen molar-refractivity contribution in [1.82, 2.24) is 0 Å². The van der Waals surface area contributed by atoms with Gasteiger partial charge in [0.05, 0.1) is 6.10 Å².